The molecule has 3 saturated heterocycles. The summed E-state index contributed by atoms with van der Waals surface area (Å²) in [7, 11) is 0. The highest BCUT2D eigenvalue weighted by Crippen LogP contribution is 2.54. The molecule has 5 heterocycles. The van der Waals surface area contributed by atoms with Gasteiger partial charge in [-0.25, -0.2) is 9.78 Å². The Morgan fingerprint density at radius 1 is 1.02 bits per heavy atom. The van der Waals surface area contributed by atoms with E-state index in [0.717, 1.165) is 75.0 Å². The molecule has 1 saturated carbocycles. The zero-order valence-corrected chi connectivity index (χ0v) is 34.6. The number of imide groups is 1. The van der Waals surface area contributed by atoms with E-state index in [0.29, 0.717) is 51.9 Å². The van der Waals surface area contributed by atoms with Crippen LogP contribution in [0.4, 0.5) is 16.2 Å². The van der Waals surface area contributed by atoms with Crippen LogP contribution in [0.25, 0.3) is 10.9 Å². The van der Waals surface area contributed by atoms with E-state index in [1.54, 1.807) is 38.1 Å². The number of pyridine rings is 1. The number of fused-ring (bicyclic) bond motifs is 1. The number of rotatable bonds is 11. The molecule has 0 bridgehead atoms. The Kier molecular flexibility index (Phi) is 11.2. The summed E-state index contributed by atoms with van der Waals surface area (Å²) in [6, 6.07) is 14.2. The summed E-state index contributed by atoms with van der Waals surface area (Å²) < 4.78 is 7.85. The maximum Gasteiger partial charge on any atom is 0.328 e. The van der Waals surface area contributed by atoms with E-state index in [1.807, 2.05) is 43.0 Å². The molecule has 4 aromatic rings. The fraction of sp³-hybridized carbons (Fsp3) is 0.511. The molecule has 1 spiro atoms. The molecule has 14 nitrogen and oxygen atoms in total. The average molecular weight is 805 g/mol. The average Bonchev–Trinajstić information content (AvgIpc) is 3.62. The molecule has 5 amide bonds. The molecule has 0 unspecified atom stereocenters. The molecule has 59 heavy (non-hydrogen) atoms. The molecule has 4 fully saturated rings. The minimum atomic E-state index is -1.19. The predicted molar refractivity (Wildman–Crippen MR) is 225 cm³/mol. The maximum atomic E-state index is 13.7. The van der Waals surface area contributed by atoms with Gasteiger partial charge >= 0.3 is 6.03 Å². The van der Waals surface area contributed by atoms with Gasteiger partial charge in [0.05, 0.1) is 29.5 Å². The molecule has 1 aliphatic carbocycles. The number of likely N-dealkylation sites (tertiary alicyclic amines) is 2. The molecule has 4 aliphatic rings. The minimum absolute atomic E-state index is 0.0381. The Morgan fingerprint density at radius 2 is 1.78 bits per heavy atom. The highest BCUT2D eigenvalue weighted by Gasteiger charge is 2.46. The number of carbonyl (C=O) groups is 4. The van der Waals surface area contributed by atoms with Gasteiger partial charge in [0.15, 0.2) is 0 Å². The van der Waals surface area contributed by atoms with Crippen LogP contribution in [0.5, 0.6) is 5.75 Å². The first-order valence-corrected chi connectivity index (χ1v) is 21.2. The van der Waals surface area contributed by atoms with Crippen LogP contribution in [0.1, 0.15) is 110 Å². The van der Waals surface area contributed by atoms with Crippen molar-refractivity contribution < 1.29 is 29.0 Å². The quantitative estimate of drug-likeness (QED) is 0.155. The third-order valence-corrected chi connectivity index (χ3v) is 12.9. The van der Waals surface area contributed by atoms with Gasteiger partial charge in [0.2, 0.25) is 5.91 Å². The van der Waals surface area contributed by atoms with E-state index < -0.39 is 11.6 Å². The van der Waals surface area contributed by atoms with E-state index in [4.69, 9.17) is 9.84 Å². The normalized spacial score (nSPS) is 19.2. The Bertz CT molecular complexity index is 2240. The van der Waals surface area contributed by atoms with Crippen molar-refractivity contribution in [3.05, 3.63) is 77.2 Å². The Labute approximate surface area is 345 Å². The third kappa shape index (κ3) is 8.70. The van der Waals surface area contributed by atoms with Gasteiger partial charge in [0.1, 0.15) is 11.4 Å². The van der Waals surface area contributed by atoms with Gasteiger partial charge in [0.25, 0.3) is 11.8 Å². The van der Waals surface area contributed by atoms with Gasteiger partial charge in [-0.3, -0.25) is 29.3 Å². The number of piperidine rings is 2. The number of ether oxygens (including phenoxy) is 1. The van der Waals surface area contributed by atoms with Crippen LogP contribution in [0, 0.1) is 18.3 Å². The Morgan fingerprint density at radius 3 is 2.47 bits per heavy atom. The number of hydrogen-bond donors (Lipinski definition) is 3. The van der Waals surface area contributed by atoms with Crippen molar-refractivity contribution in [1.82, 2.24) is 29.9 Å². The number of nitrogens with zero attached hydrogens (tertiary/aromatic N) is 6. The number of anilines is 2. The summed E-state index contributed by atoms with van der Waals surface area (Å²) >= 11 is 0. The highest BCUT2D eigenvalue weighted by atomic mass is 16.5. The number of aliphatic hydroxyl groups is 1. The molecule has 8 rings (SSSR count). The smallest absolute Gasteiger partial charge is 0.328 e. The van der Waals surface area contributed by atoms with Crippen molar-refractivity contribution in [2.75, 3.05) is 56.1 Å². The SMILES string of the molecule is CCOc1ccc(C(=O)N2CCC3(CC2)CC(CCN2CCC(n4cc5cc(NC(=O)c6cccc(C)n6)c(C(C)(C)O)cc5n4)CC2)C3)cc1N1CCC(=O)NC1=O. The molecular weight excluding hydrogens is 749 g/mol. The Balaban J connectivity index is 0.808. The van der Waals surface area contributed by atoms with Crippen molar-refractivity contribution in [2.45, 2.75) is 90.7 Å². The van der Waals surface area contributed by atoms with Crippen molar-refractivity contribution >= 4 is 46.0 Å². The lowest BCUT2D eigenvalue weighted by molar-refractivity contribution is -0.120. The van der Waals surface area contributed by atoms with Crippen LogP contribution in [0.15, 0.2) is 54.7 Å². The Hall–Kier alpha value is -5.34. The fourth-order valence-corrected chi connectivity index (χ4v) is 9.59. The molecular formula is C45H56N8O6. The van der Waals surface area contributed by atoms with Gasteiger partial charge in [-0.1, -0.05) is 6.07 Å². The zero-order chi connectivity index (χ0) is 41.5. The lowest BCUT2D eigenvalue weighted by atomic mass is 9.57. The van der Waals surface area contributed by atoms with E-state index in [9.17, 15) is 24.3 Å². The predicted octanol–water partition coefficient (Wildman–Crippen LogP) is 6.42. The number of urea groups is 1. The van der Waals surface area contributed by atoms with Gasteiger partial charge in [-0.05, 0) is 133 Å². The number of aryl methyl sites for hydroxylation is 1. The van der Waals surface area contributed by atoms with E-state index >= 15 is 0 Å². The van der Waals surface area contributed by atoms with Crippen molar-refractivity contribution in [3.8, 4) is 5.75 Å². The van der Waals surface area contributed by atoms with Crippen LogP contribution >= 0.6 is 0 Å². The molecule has 3 aliphatic heterocycles. The van der Waals surface area contributed by atoms with E-state index in [-0.39, 0.29) is 36.7 Å². The maximum absolute atomic E-state index is 13.7. The number of hydrogen-bond acceptors (Lipinski definition) is 9. The first-order valence-electron chi connectivity index (χ1n) is 21.2. The molecule has 312 valence electrons. The zero-order valence-electron chi connectivity index (χ0n) is 34.6. The monoisotopic (exact) mass is 804 g/mol. The second-order valence-corrected chi connectivity index (χ2v) is 17.5. The second-order valence-electron chi connectivity index (χ2n) is 17.5. The minimum Gasteiger partial charge on any atom is -0.492 e. The number of aromatic nitrogens is 3. The lowest BCUT2D eigenvalue weighted by Crippen LogP contribution is -2.50. The largest absolute Gasteiger partial charge is 0.492 e. The summed E-state index contributed by atoms with van der Waals surface area (Å²) in [6.07, 6.45) is 9.92. The number of carbonyl (C=O) groups excluding carboxylic acids is 4. The first kappa shape index (κ1) is 40.4. The number of nitrogens with one attached hydrogen (secondary N) is 2. The molecule has 14 heteroatoms. The topological polar surface area (TPSA) is 162 Å². The number of amides is 5. The van der Waals surface area contributed by atoms with E-state index in [1.165, 1.54) is 24.2 Å². The summed E-state index contributed by atoms with van der Waals surface area (Å²) in [5.74, 6) is 0.560. The second kappa shape index (κ2) is 16.4. The summed E-state index contributed by atoms with van der Waals surface area (Å²) in [6.45, 7) is 12.4. The van der Waals surface area contributed by atoms with Crippen LogP contribution in [0.3, 0.4) is 0 Å². The van der Waals surface area contributed by atoms with Crippen molar-refractivity contribution in [1.29, 1.82) is 0 Å². The van der Waals surface area contributed by atoms with Crippen molar-refractivity contribution in [2.24, 2.45) is 11.3 Å². The molecule has 0 radical (unpaired) electrons. The molecule has 3 N–H and O–H groups in total. The summed E-state index contributed by atoms with van der Waals surface area (Å²) in [5.41, 5.74) is 3.19. The van der Waals surface area contributed by atoms with Gasteiger partial charge in [-0.15, -0.1) is 0 Å². The third-order valence-electron chi connectivity index (χ3n) is 12.9. The van der Waals surface area contributed by atoms with Crippen LogP contribution in [0.2, 0.25) is 0 Å². The molecule has 2 aromatic heterocycles. The lowest BCUT2D eigenvalue weighted by Gasteiger charge is -2.53. The van der Waals surface area contributed by atoms with Crippen LogP contribution < -0.4 is 20.3 Å². The van der Waals surface area contributed by atoms with Gasteiger partial charge in [0, 0.05) is 73.2 Å². The van der Waals surface area contributed by atoms with Gasteiger partial charge < -0.3 is 25.0 Å². The van der Waals surface area contributed by atoms with Crippen LogP contribution in [-0.4, -0.2) is 99.3 Å². The fourth-order valence-electron chi connectivity index (χ4n) is 9.59. The summed E-state index contributed by atoms with van der Waals surface area (Å²) in [4.78, 5) is 61.5. The van der Waals surface area contributed by atoms with E-state index in [2.05, 4.69) is 31.4 Å². The molecule has 0 atom stereocenters. The number of benzene rings is 2. The highest BCUT2D eigenvalue weighted by molar-refractivity contribution is 6.07. The molecule has 2 aromatic carbocycles. The van der Waals surface area contributed by atoms with Gasteiger partial charge in [-0.2, -0.15) is 5.10 Å². The first-order chi connectivity index (χ1) is 28.3. The standard InChI is InChI=1S/C45H56N8O6/c1-5-59-39-10-9-31(24-38(39)52-20-14-40(54)48-43(52)57)42(56)51-21-15-45(16-22-51)26-30(27-45)11-17-50-18-12-33(13-19-50)53-28-32-23-37(34(44(3,4)58)25-36(32)49-53)47-41(55)35-8-6-7-29(2)46-35/h6-10,23-25,28,30,33,58H,5,11-22,26-27H2,1-4H3,(H,47,55)(H,48,54,57). The van der Waals surface area contributed by atoms with Crippen LogP contribution in [-0.2, 0) is 10.4 Å². The van der Waals surface area contributed by atoms with Crippen molar-refractivity contribution in [3.63, 3.8) is 0 Å². The summed E-state index contributed by atoms with van der Waals surface area (Å²) in [5, 5.41) is 22.2.